The first kappa shape index (κ1) is 13.5. The highest BCUT2D eigenvalue weighted by Crippen LogP contribution is 2.24. The van der Waals surface area contributed by atoms with Gasteiger partial charge in [-0.25, -0.2) is 9.59 Å². The van der Waals surface area contributed by atoms with Gasteiger partial charge in [0.25, 0.3) is 0 Å². The third-order valence-electron chi connectivity index (χ3n) is 3.04. The lowest BCUT2D eigenvalue weighted by Gasteiger charge is -2.30. The Labute approximate surface area is 101 Å². The molecule has 0 spiro atoms. The van der Waals surface area contributed by atoms with E-state index in [1.54, 1.807) is 6.92 Å². The predicted octanol–water partition coefficient (Wildman–Crippen LogP) is 1.89. The van der Waals surface area contributed by atoms with Gasteiger partial charge < -0.3 is 14.7 Å². The third kappa shape index (κ3) is 4.09. The highest BCUT2D eigenvalue weighted by Gasteiger charge is 2.23. The zero-order chi connectivity index (χ0) is 12.8. The second-order valence-electron chi connectivity index (χ2n) is 4.18. The molecule has 0 unspecified atom stereocenters. The third-order valence-corrected chi connectivity index (χ3v) is 3.04. The Morgan fingerprint density at radius 1 is 1.41 bits per heavy atom. The first-order chi connectivity index (χ1) is 8.04. The Bertz CT molecular complexity index is 316. The minimum atomic E-state index is -0.865. The summed E-state index contributed by atoms with van der Waals surface area (Å²) in [6.07, 6.45) is 2.20. The Morgan fingerprint density at radius 3 is 2.47 bits per heavy atom. The number of hydrogen-bond donors (Lipinski definition) is 1. The van der Waals surface area contributed by atoms with E-state index in [4.69, 9.17) is 9.84 Å². The summed E-state index contributed by atoms with van der Waals surface area (Å²) in [6.45, 7) is 5.12. The van der Waals surface area contributed by atoms with Crippen LogP contribution in [0.5, 0.6) is 0 Å². The van der Waals surface area contributed by atoms with Crippen LogP contribution in [0.25, 0.3) is 0 Å². The molecule has 1 aliphatic heterocycles. The molecule has 1 saturated heterocycles. The van der Waals surface area contributed by atoms with Crippen LogP contribution in [0.3, 0.4) is 0 Å². The molecule has 1 amide bonds. The fourth-order valence-electron chi connectivity index (χ4n) is 2.01. The minimum Gasteiger partial charge on any atom is -0.465 e. The van der Waals surface area contributed by atoms with Gasteiger partial charge in [-0.1, -0.05) is 5.57 Å². The summed E-state index contributed by atoms with van der Waals surface area (Å²) < 4.78 is 4.84. The molecule has 96 valence electrons. The van der Waals surface area contributed by atoms with Gasteiger partial charge in [-0.2, -0.15) is 0 Å². The highest BCUT2D eigenvalue weighted by molar-refractivity contribution is 5.82. The number of ether oxygens (including phenoxy) is 1. The van der Waals surface area contributed by atoms with E-state index in [0.29, 0.717) is 19.7 Å². The van der Waals surface area contributed by atoms with Crippen molar-refractivity contribution in [3.05, 3.63) is 11.6 Å². The highest BCUT2D eigenvalue weighted by atomic mass is 16.5. The van der Waals surface area contributed by atoms with E-state index >= 15 is 0 Å². The average Bonchev–Trinajstić information content (AvgIpc) is 2.29. The van der Waals surface area contributed by atoms with Gasteiger partial charge in [0.05, 0.1) is 6.61 Å². The number of carbonyl (C=O) groups excluding carboxylic acids is 1. The van der Waals surface area contributed by atoms with Crippen molar-refractivity contribution in [2.24, 2.45) is 5.92 Å². The minimum absolute atomic E-state index is 0.287. The second-order valence-corrected chi connectivity index (χ2v) is 4.18. The number of allylic oxidation sites excluding steroid dienone is 1. The summed E-state index contributed by atoms with van der Waals surface area (Å²) in [5.41, 5.74) is 0.980. The summed E-state index contributed by atoms with van der Waals surface area (Å²) in [6, 6.07) is 0. The van der Waals surface area contributed by atoms with Gasteiger partial charge in [-0.15, -0.1) is 0 Å². The van der Waals surface area contributed by atoms with Gasteiger partial charge in [0.1, 0.15) is 0 Å². The zero-order valence-corrected chi connectivity index (χ0v) is 10.3. The Hall–Kier alpha value is -1.52. The summed E-state index contributed by atoms with van der Waals surface area (Å²) in [4.78, 5) is 23.4. The van der Waals surface area contributed by atoms with Gasteiger partial charge in [-0.3, -0.25) is 0 Å². The summed E-state index contributed by atoms with van der Waals surface area (Å²) in [5.74, 6) is -0.0272. The largest absolute Gasteiger partial charge is 0.465 e. The number of hydrogen-bond acceptors (Lipinski definition) is 3. The van der Waals surface area contributed by atoms with Crippen LogP contribution in [0.2, 0.25) is 0 Å². The first-order valence-electron chi connectivity index (χ1n) is 5.87. The lowest BCUT2D eigenvalue weighted by atomic mass is 9.90. The Kier molecular flexibility index (Phi) is 5.00. The van der Waals surface area contributed by atoms with Crippen molar-refractivity contribution in [1.82, 2.24) is 4.90 Å². The standard InChI is InChI=1S/C12H19NO4/c1-3-17-11(14)8-9(2)10-4-6-13(7-5-10)12(15)16/h8,10H,3-7H2,1-2H3,(H,15,16)/b9-8+. The average molecular weight is 241 g/mol. The molecule has 1 N–H and O–H groups in total. The zero-order valence-electron chi connectivity index (χ0n) is 10.3. The van der Waals surface area contributed by atoms with E-state index < -0.39 is 6.09 Å². The number of rotatable bonds is 3. The van der Waals surface area contributed by atoms with E-state index in [1.165, 1.54) is 11.0 Å². The van der Waals surface area contributed by atoms with Crippen LogP contribution < -0.4 is 0 Å². The van der Waals surface area contributed by atoms with Gasteiger partial charge in [0.15, 0.2) is 0 Å². The van der Waals surface area contributed by atoms with Crippen molar-refractivity contribution in [1.29, 1.82) is 0 Å². The molecule has 0 saturated carbocycles. The van der Waals surface area contributed by atoms with Gasteiger partial charge in [0.2, 0.25) is 0 Å². The van der Waals surface area contributed by atoms with Gasteiger partial charge >= 0.3 is 12.1 Å². The molecule has 1 heterocycles. The number of likely N-dealkylation sites (tertiary alicyclic amines) is 1. The molecule has 0 aliphatic carbocycles. The predicted molar refractivity (Wildman–Crippen MR) is 62.7 cm³/mol. The van der Waals surface area contributed by atoms with Crippen LogP contribution in [0.15, 0.2) is 11.6 Å². The van der Waals surface area contributed by atoms with Crippen molar-refractivity contribution >= 4 is 12.1 Å². The molecule has 1 aliphatic rings. The fourth-order valence-corrected chi connectivity index (χ4v) is 2.01. The fraction of sp³-hybridized carbons (Fsp3) is 0.667. The van der Waals surface area contributed by atoms with Crippen molar-refractivity contribution in [2.75, 3.05) is 19.7 Å². The molecule has 0 aromatic carbocycles. The molecule has 1 rings (SSSR count). The summed E-state index contributed by atoms with van der Waals surface area (Å²) >= 11 is 0. The van der Waals surface area contributed by atoms with Crippen LogP contribution in [-0.4, -0.2) is 41.8 Å². The van der Waals surface area contributed by atoms with E-state index in [9.17, 15) is 9.59 Å². The molecular formula is C12H19NO4. The molecule has 0 atom stereocenters. The number of piperidine rings is 1. The first-order valence-corrected chi connectivity index (χ1v) is 5.87. The second kappa shape index (κ2) is 6.27. The van der Waals surface area contributed by atoms with Gasteiger partial charge in [0, 0.05) is 19.2 Å². The molecule has 17 heavy (non-hydrogen) atoms. The molecule has 5 nitrogen and oxygen atoms in total. The van der Waals surface area contributed by atoms with Crippen molar-refractivity contribution < 1.29 is 19.4 Å². The number of amides is 1. The number of carbonyl (C=O) groups is 2. The maximum absolute atomic E-state index is 11.3. The van der Waals surface area contributed by atoms with Crippen LogP contribution in [0, 0.1) is 5.92 Å². The number of nitrogens with zero attached hydrogens (tertiary/aromatic N) is 1. The number of esters is 1. The maximum atomic E-state index is 11.3. The smallest absolute Gasteiger partial charge is 0.407 e. The molecule has 5 heteroatoms. The lowest BCUT2D eigenvalue weighted by Crippen LogP contribution is -2.37. The van der Waals surface area contributed by atoms with Crippen molar-refractivity contribution in [3.8, 4) is 0 Å². The van der Waals surface area contributed by atoms with Crippen molar-refractivity contribution in [2.45, 2.75) is 26.7 Å². The lowest BCUT2D eigenvalue weighted by molar-refractivity contribution is -0.137. The van der Waals surface area contributed by atoms with E-state index in [1.807, 2.05) is 6.92 Å². The van der Waals surface area contributed by atoms with E-state index in [0.717, 1.165) is 18.4 Å². The van der Waals surface area contributed by atoms with E-state index in [-0.39, 0.29) is 11.9 Å². The summed E-state index contributed by atoms with van der Waals surface area (Å²) in [7, 11) is 0. The van der Waals surface area contributed by atoms with Crippen LogP contribution >= 0.6 is 0 Å². The van der Waals surface area contributed by atoms with Gasteiger partial charge in [-0.05, 0) is 32.6 Å². The van der Waals surface area contributed by atoms with E-state index in [2.05, 4.69) is 0 Å². The Balaban J connectivity index is 2.48. The summed E-state index contributed by atoms with van der Waals surface area (Å²) in [5, 5.41) is 8.82. The monoisotopic (exact) mass is 241 g/mol. The molecule has 0 aromatic rings. The van der Waals surface area contributed by atoms with Crippen molar-refractivity contribution in [3.63, 3.8) is 0 Å². The van der Waals surface area contributed by atoms with Crippen LogP contribution in [0.1, 0.15) is 26.7 Å². The molecule has 1 fully saturated rings. The normalized spacial score (nSPS) is 18.0. The quantitative estimate of drug-likeness (QED) is 0.605. The molecule has 0 radical (unpaired) electrons. The molecular weight excluding hydrogens is 222 g/mol. The van der Waals surface area contributed by atoms with Crippen LogP contribution in [-0.2, 0) is 9.53 Å². The maximum Gasteiger partial charge on any atom is 0.407 e. The Morgan fingerprint density at radius 2 is 2.00 bits per heavy atom. The topological polar surface area (TPSA) is 66.8 Å². The number of carboxylic acid groups (broad SMARTS) is 1. The molecule has 0 bridgehead atoms. The molecule has 0 aromatic heterocycles. The van der Waals surface area contributed by atoms with Crippen LogP contribution in [0.4, 0.5) is 4.79 Å². The SMILES string of the molecule is CCOC(=O)/C=C(\C)C1CCN(C(=O)O)CC1.